The second kappa shape index (κ2) is 9.50. The number of benzene rings is 6. The van der Waals surface area contributed by atoms with Crippen molar-refractivity contribution >= 4 is 45.2 Å². The molecule has 0 N–H and O–H groups in total. The lowest BCUT2D eigenvalue weighted by atomic mass is 9.39. The quantitative estimate of drug-likeness (QED) is 0.201. The molecule has 9 rings (SSSR count). The summed E-state index contributed by atoms with van der Waals surface area (Å²) in [5.41, 5.74) is 13.8. The van der Waals surface area contributed by atoms with Crippen LogP contribution in [0.5, 0.6) is 0 Å². The fraction of sp³-hybridized carbons (Fsp3) is 0. The van der Waals surface area contributed by atoms with Gasteiger partial charge in [0.05, 0.1) is 11.0 Å². The van der Waals surface area contributed by atoms with Crippen LogP contribution in [-0.2, 0) is 0 Å². The van der Waals surface area contributed by atoms with Gasteiger partial charge in [0.25, 0.3) is 6.71 Å². The van der Waals surface area contributed by atoms with Gasteiger partial charge in [-0.3, -0.25) is 0 Å². The van der Waals surface area contributed by atoms with Crippen molar-refractivity contribution in [2.45, 2.75) is 0 Å². The smallest absolute Gasteiger partial charge is 0.285 e. The molecule has 0 atom stereocenters. The van der Waals surface area contributed by atoms with E-state index in [1.54, 1.807) is 0 Å². The van der Waals surface area contributed by atoms with Gasteiger partial charge in [-0.15, -0.1) is 0 Å². The summed E-state index contributed by atoms with van der Waals surface area (Å²) in [4.78, 5) is 0. The highest BCUT2D eigenvalue weighted by molar-refractivity contribution is 6.97. The van der Waals surface area contributed by atoms with Crippen LogP contribution >= 0.6 is 0 Å². The van der Waals surface area contributed by atoms with E-state index in [2.05, 4.69) is 173 Å². The van der Waals surface area contributed by atoms with Gasteiger partial charge >= 0.3 is 0 Å². The number of nitrogens with zero attached hydrogens (tertiary/aromatic N) is 2. The van der Waals surface area contributed by atoms with E-state index in [0.29, 0.717) is 0 Å². The third-order valence-electron chi connectivity index (χ3n) is 9.00. The third-order valence-corrected chi connectivity index (χ3v) is 9.00. The van der Waals surface area contributed by atoms with Crippen LogP contribution in [0.15, 0.2) is 164 Å². The monoisotopic (exact) mass is 546 g/mol. The zero-order valence-corrected chi connectivity index (χ0v) is 23.6. The molecule has 0 spiro atoms. The molecule has 3 heteroatoms. The van der Waals surface area contributed by atoms with Crippen molar-refractivity contribution in [1.29, 1.82) is 0 Å². The molecule has 2 nitrogen and oxygen atoms in total. The van der Waals surface area contributed by atoms with Gasteiger partial charge in [-0.05, 0) is 47.5 Å². The summed E-state index contributed by atoms with van der Waals surface area (Å²) in [6.07, 6.45) is 0. The van der Waals surface area contributed by atoms with Gasteiger partial charge in [0.15, 0.2) is 0 Å². The van der Waals surface area contributed by atoms with Gasteiger partial charge in [-0.25, -0.2) is 0 Å². The average molecular weight is 546 g/mol. The number of hydrogen-bond donors (Lipinski definition) is 0. The average Bonchev–Trinajstić information content (AvgIpc) is 3.56. The fourth-order valence-electron chi connectivity index (χ4n) is 7.35. The molecule has 0 fully saturated rings. The zero-order chi connectivity index (χ0) is 28.3. The Morgan fingerprint density at radius 3 is 1.19 bits per heavy atom. The molecule has 0 saturated carbocycles. The van der Waals surface area contributed by atoms with Gasteiger partial charge in [-0.1, -0.05) is 133 Å². The van der Waals surface area contributed by atoms with Crippen molar-refractivity contribution < 1.29 is 0 Å². The molecule has 0 aliphatic carbocycles. The zero-order valence-electron chi connectivity index (χ0n) is 23.6. The molecule has 0 radical (unpaired) electrons. The Morgan fingerprint density at radius 2 is 0.721 bits per heavy atom. The van der Waals surface area contributed by atoms with Gasteiger partial charge in [0.1, 0.15) is 0 Å². The number of para-hydroxylation sites is 4. The molecule has 0 bridgehead atoms. The number of fused-ring (bicyclic) bond motifs is 9. The summed E-state index contributed by atoms with van der Waals surface area (Å²) in [5.74, 6) is 0. The lowest BCUT2D eigenvalue weighted by molar-refractivity contribution is 1.15. The predicted molar refractivity (Wildman–Crippen MR) is 182 cm³/mol. The molecule has 0 saturated heterocycles. The lowest BCUT2D eigenvalue weighted by Gasteiger charge is -2.22. The molecule has 0 unspecified atom stereocenters. The minimum absolute atomic E-state index is 0.0428. The first kappa shape index (κ1) is 24.1. The molecule has 6 aromatic carbocycles. The van der Waals surface area contributed by atoms with E-state index in [1.807, 2.05) is 0 Å². The fourth-order valence-corrected chi connectivity index (χ4v) is 7.35. The first-order valence-corrected chi connectivity index (χ1v) is 14.9. The number of rotatable bonds is 3. The van der Waals surface area contributed by atoms with Crippen molar-refractivity contribution in [1.82, 2.24) is 9.13 Å². The molecule has 2 aromatic heterocycles. The van der Waals surface area contributed by atoms with Crippen LogP contribution in [0, 0.1) is 0 Å². The lowest BCUT2D eigenvalue weighted by Crippen LogP contribution is -2.57. The molecule has 0 amide bonds. The highest BCUT2D eigenvalue weighted by atomic mass is 15.0. The predicted octanol–water partition coefficient (Wildman–Crippen LogP) is 7.74. The van der Waals surface area contributed by atoms with Crippen LogP contribution in [-0.4, -0.2) is 15.8 Å². The SMILES string of the molecule is c1ccc(B2c3c(c4ccccc4n3-c3ccccc3)-c3ccccc3-c3c2n(-c2ccccc2)c2ccccc32)cc1. The van der Waals surface area contributed by atoms with E-state index in [9.17, 15) is 0 Å². The summed E-state index contributed by atoms with van der Waals surface area (Å²) < 4.78 is 5.03. The normalized spacial score (nSPS) is 12.1. The summed E-state index contributed by atoms with van der Waals surface area (Å²) in [7, 11) is 0. The summed E-state index contributed by atoms with van der Waals surface area (Å²) in [6.45, 7) is -0.0428. The van der Waals surface area contributed by atoms with Crippen LogP contribution in [0.2, 0.25) is 0 Å². The topological polar surface area (TPSA) is 9.86 Å². The molecule has 1 aliphatic heterocycles. The molecule has 8 aromatic rings. The van der Waals surface area contributed by atoms with Crippen molar-refractivity contribution in [3.05, 3.63) is 164 Å². The Morgan fingerprint density at radius 1 is 0.349 bits per heavy atom. The molecule has 1 aliphatic rings. The van der Waals surface area contributed by atoms with Crippen molar-refractivity contribution in [3.8, 4) is 33.6 Å². The Balaban J connectivity index is 1.57. The van der Waals surface area contributed by atoms with E-state index in [1.165, 1.54) is 72.1 Å². The van der Waals surface area contributed by atoms with Gasteiger partial charge in [0, 0.05) is 44.5 Å². The second-order valence-corrected chi connectivity index (χ2v) is 11.3. The Labute approximate surface area is 251 Å². The van der Waals surface area contributed by atoms with E-state index < -0.39 is 0 Å². The second-order valence-electron chi connectivity index (χ2n) is 11.3. The standard InChI is InChI=1S/C40H27BN2/c1-4-16-28(17-5-1)41-39-37(33-24-12-14-26-35(33)42(39)29-18-6-2-7-19-29)31-22-10-11-23-32(31)38-34-25-13-15-27-36(34)43(40(38)41)30-20-8-3-9-21-30/h1-27H. The third kappa shape index (κ3) is 3.49. The molecular formula is C40H27BN2. The van der Waals surface area contributed by atoms with Crippen molar-refractivity contribution in [2.24, 2.45) is 0 Å². The highest BCUT2D eigenvalue weighted by Crippen LogP contribution is 2.42. The van der Waals surface area contributed by atoms with E-state index in [4.69, 9.17) is 0 Å². The summed E-state index contributed by atoms with van der Waals surface area (Å²) >= 11 is 0. The minimum Gasteiger partial charge on any atom is -0.321 e. The van der Waals surface area contributed by atoms with Gasteiger partial charge < -0.3 is 9.13 Å². The minimum atomic E-state index is -0.0428. The molecule has 3 heterocycles. The summed E-state index contributed by atoms with van der Waals surface area (Å²) in [6, 6.07) is 59.6. The van der Waals surface area contributed by atoms with E-state index in [0.717, 1.165) is 0 Å². The van der Waals surface area contributed by atoms with Gasteiger partial charge in [0.2, 0.25) is 0 Å². The Kier molecular flexibility index (Phi) is 5.33. The molecular weight excluding hydrogens is 519 g/mol. The first-order valence-electron chi connectivity index (χ1n) is 14.9. The van der Waals surface area contributed by atoms with E-state index >= 15 is 0 Å². The molecule has 43 heavy (non-hydrogen) atoms. The van der Waals surface area contributed by atoms with Crippen LogP contribution in [0.4, 0.5) is 0 Å². The molecule has 200 valence electrons. The van der Waals surface area contributed by atoms with Crippen molar-refractivity contribution in [2.75, 3.05) is 0 Å². The maximum atomic E-state index is 2.52. The maximum absolute atomic E-state index is 2.52. The Bertz CT molecular complexity index is 2130. The number of hydrogen-bond acceptors (Lipinski definition) is 0. The van der Waals surface area contributed by atoms with Crippen molar-refractivity contribution in [3.63, 3.8) is 0 Å². The van der Waals surface area contributed by atoms with Gasteiger partial charge in [-0.2, -0.15) is 0 Å². The Hall–Kier alpha value is -5.54. The van der Waals surface area contributed by atoms with E-state index in [-0.39, 0.29) is 6.71 Å². The summed E-state index contributed by atoms with van der Waals surface area (Å²) in [5, 5.41) is 2.55. The first-order chi connectivity index (χ1) is 21.4. The van der Waals surface area contributed by atoms with Crippen LogP contribution in [0.1, 0.15) is 0 Å². The van der Waals surface area contributed by atoms with Crippen LogP contribution in [0.25, 0.3) is 55.4 Å². The largest absolute Gasteiger partial charge is 0.321 e. The van der Waals surface area contributed by atoms with Crippen LogP contribution < -0.4 is 16.6 Å². The maximum Gasteiger partial charge on any atom is 0.285 e. The van der Waals surface area contributed by atoms with Crippen LogP contribution in [0.3, 0.4) is 0 Å². The number of aromatic nitrogens is 2. The highest BCUT2D eigenvalue weighted by Gasteiger charge is 2.40.